The fourth-order valence-electron chi connectivity index (χ4n) is 2.17. The van der Waals surface area contributed by atoms with Crippen LogP contribution in [0.1, 0.15) is 5.56 Å². The molecule has 1 heterocycles. The lowest BCUT2D eigenvalue weighted by molar-refractivity contribution is 0.454. The van der Waals surface area contributed by atoms with Gasteiger partial charge in [0.2, 0.25) is 5.88 Å². The molecular weight excluding hydrogens is 264 g/mol. The molecule has 0 saturated heterocycles. The number of benzene rings is 2. The summed E-state index contributed by atoms with van der Waals surface area (Å²) in [6.45, 7) is 1.96. The van der Waals surface area contributed by atoms with Crippen LogP contribution in [-0.4, -0.2) is 15.1 Å². The highest BCUT2D eigenvalue weighted by molar-refractivity contribution is 5.69. The van der Waals surface area contributed by atoms with Crippen molar-refractivity contribution >= 4 is 0 Å². The number of nitrogens with one attached hydrogen (secondary N) is 1. The van der Waals surface area contributed by atoms with Crippen molar-refractivity contribution in [3.63, 3.8) is 0 Å². The highest BCUT2D eigenvalue weighted by Gasteiger charge is 2.13. The van der Waals surface area contributed by atoms with Crippen molar-refractivity contribution < 1.29 is 5.11 Å². The summed E-state index contributed by atoms with van der Waals surface area (Å²) in [4.78, 5) is 19.1. The maximum atomic E-state index is 12.3. The second kappa shape index (κ2) is 5.25. The third-order valence-corrected chi connectivity index (χ3v) is 3.29. The van der Waals surface area contributed by atoms with E-state index in [9.17, 15) is 9.90 Å². The van der Waals surface area contributed by atoms with Gasteiger partial charge in [0.15, 0.2) is 0 Å². The number of aromatic amines is 1. The zero-order valence-corrected chi connectivity index (χ0v) is 11.5. The third-order valence-electron chi connectivity index (χ3n) is 3.29. The summed E-state index contributed by atoms with van der Waals surface area (Å²) in [6, 6.07) is 16.6. The van der Waals surface area contributed by atoms with Crippen molar-refractivity contribution in [1.29, 1.82) is 0 Å². The Hall–Kier alpha value is -2.88. The molecule has 0 aliphatic heterocycles. The van der Waals surface area contributed by atoms with E-state index in [2.05, 4.69) is 9.97 Å². The van der Waals surface area contributed by atoms with Crippen LogP contribution in [0.25, 0.3) is 22.5 Å². The van der Waals surface area contributed by atoms with Crippen LogP contribution in [-0.2, 0) is 0 Å². The maximum absolute atomic E-state index is 12.3. The molecule has 0 amide bonds. The molecule has 0 bridgehead atoms. The first-order valence-electron chi connectivity index (χ1n) is 6.61. The van der Waals surface area contributed by atoms with Gasteiger partial charge in [0.25, 0.3) is 5.56 Å². The van der Waals surface area contributed by atoms with Crippen LogP contribution in [0.4, 0.5) is 0 Å². The predicted molar refractivity (Wildman–Crippen MR) is 82.1 cm³/mol. The molecule has 0 aliphatic rings. The van der Waals surface area contributed by atoms with Gasteiger partial charge in [-0.15, -0.1) is 0 Å². The number of H-pyrrole nitrogens is 1. The van der Waals surface area contributed by atoms with Crippen molar-refractivity contribution in [1.82, 2.24) is 9.97 Å². The van der Waals surface area contributed by atoms with Crippen molar-refractivity contribution in [2.24, 2.45) is 0 Å². The van der Waals surface area contributed by atoms with E-state index in [1.54, 1.807) is 12.1 Å². The average molecular weight is 278 g/mol. The topological polar surface area (TPSA) is 66.0 Å². The smallest absolute Gasteiger partial charge is 0.262 e. The number of rotatable bonds is 2. The lowest BCUT2D eigenvalue weighted by atomic mass is 10.1. The SMILES string of the molecule is Cc1ccc(-c2c(O)nc(-c3ccccc3)[nH]c2=O)cc1. The van der Waals surface area contributed by atoms with Gasteiger partial charge in [-0.1, -0.05) is 60.2 Å². The van der Waals surface area contributed by atoms with E-state index in [1.165, 1.54) is 0 Å². The molecule has 0 radical (unpaired) electrons. The Morgan fingerprint density at radius 1 is 0.952 bits per heavy atom. The molecule has 0 spiro atoms. The van der Waals surface area contributed by atoms with Crippen LogP contribution in [0.3, 0.4) is 0 Å². The number of nitrogens with zero attached hydrogens (tertiary/aromatic N) is 1. The molecule has 4 heteroatoms. The molecule has 2 N–H and O–H groups in total. The molecule has 0 fully saturated rings. The van der Waals surface area contributed by atoms with Gasteiger partial charge >= 0.3 is 0 Å². The lowest BCUT2D eigenvalue weighted by Gasteiger charge is -2.06. The van der Waals surface area contributed by atoms with Crippen LogP contribution < -0.4 is 5.56 Å². The van der Waals surface area contributed by atoms with E-state index < -0.39 is 0 Å². The van der Waals surface area contributed by atoms with Gasteiger partial charge in [-0.2, -0.15) is 4.98 Å². The zero-order valence-electron chi connectivity index (χ0n) is 11.5. The molecule has 104 valence electrons. The van der Waals surface area contributed by atoms with Gasteiger partial charge in [0.1, 0.15) is 11.4 Å². The van der Waals surface area contributed by atoms with Gasteiger partial charge in [-0.3, -0.25) is 4.79 Å². The highest BCUT2D eigenvalue weighted by Crippen LogP contribution is 2.25. The Balaban J connectivity index is 2.13. The summed E-state index contributed by atoms with van der Waals surface area (Å²) < 4.78 is 0. The minimum atomic E-state index is -0.356. The van der Waals surface area contributed by atoms with Crippen LogP contribution >= 0.6 is 0 Å². The number of aromatic nitrogens is 2. The standard InChI is InChI=1S/C17H14N2O2/c1-11-7-9-12(10-8-11)14-16(20)18-15(19-17(14)21)13-5-3-2-4-6-13/h2-10H,1H3,(H2,18,19,20,21). The minimum Gasteiger partial charge on any atom is -0.493 e. The average Bonchev–Trinajstić information content (AvgIpc) is 2.49. The molecule has 21 heavy (non-hydrogen) atoms. The van der Waals surface area contributed by atoms with E-state index in [4.69, 9.17) is 0 Å². The Morgan fingerprint density at radius 3 is 2.24 bits per heavy atom. The molecule has 1 aromatic heterocycles. The molecule has 0 atom stereocenters. The maximum Gasteiger partial charge on any atom is 0.262 e. The molecule has 3 aromatic rings. The second-order valence-electron chi connectivity index (χ2n) is 4.85. The molecule has 3 rings (SSSR count). The van der Waals surface area contributed by atoms with Crippen LogP contribution in [0.5, 0.6) is 5.88 Å². The van der Waals surface area contributed by atoms with Gasteiger partial charge < -0.3 is 10.1 Å². The molecule has 0 aliphatic carbocycles. The number of aryl methyl sites for hydroxylation is 1. The van der Waals surface area contributed by atoms with Crippen molar-refractivity contribution in [2.75, 3.05) is 0 Å². The molecule has 4 nitrogen and oxygen atoms in total. The predicted octanol–water partition coefficient (Wildman–Crippen LogP) is 3.12. The van der Waals surface area contributed by atoms with Crippen molar-refractivity contribution in [3.8, 4) is 28.4 Å². The van der Waals surface area contributed by atoms with Gasteiger partial charge in [0.05, 0.1) is 0 Å². The van der Waals surface area contributed by atoms with E-state index in [0.717, 1.165) is 11.1 Å². The van der Waals surface area contributed by atoms with Crippen LogP contribution in [0.15, 0.2) is 59.4 Å². The van der Waals surface area contributed by atoms with E-state index in [1.807, 2.05) is 49.4 Å². The monoisotopic (exact) mass is 278 g/mol. The van der Waals surface area contributed by atoms with Crippen molar-refractivity contribution in [2.45, 2.75) is 6.92 Å². The summed E-state index contributed by atoms with van der Waals surface area (Å²) in [5.41, 5.74) is 2.32. The quantitative estimate of drug-likeness (QED) is 0.757. The zero-order chi connectivity index (χ0) is 14.8. The van der Waals surface area contributed by atoms with E-state index in [-0.39, 0.29) is 17.0 Å². The highest BCUT2D eigenvalue weighted by atomic mass is 16.3. The minimum absolute atomic E-state index is 0.190. The summed E-state index contributed by atoms with van der Waals surface area (Å²) in [6.07, 6.45) is 0. The van der Waals surface area contributed by atoms with Crippen LogP contribution in [0.2, 0.25) is 0 Å². The van der Waals surface area contributed by atoms with E-state index >= 15 is 0 Å². The summed E-state index contributed by atoms with van der Waals surface area (Å²) in [7, 11) is 0. The van der Waals surface area contributed by atoms with Gasteiger partial charge in [-0.25, -0.2) is 0 Å². The normalized spacial score (nSPS) is 10.5. The Labute approximate surface area is 121 Å². The Morgan fingerprint density at radius 2 is 1.62 bits per heavy atom. The Bertz CT molecular complexity index is 822. The summed E-state index contributed by atoms with van der Waals surface area (Å²) >= 11 is 0. The fourth-order valence-corrected chi connectivity index (χ4v) is 2.17. The summed E-state index contributed by atoms with van der Waals surface area (Å²) in [5.74, 6) is 0.0930. The largest absolute Gasteiger partial charge is 0.493 e. The van der Waals surface area contributed by atoms with Crippen molar-refractivity contribution in [3.05, 3.63) is 70.5 Å². The first-order valence-corrected chi connectivity index (χ1v) is 6.61. The van der Waals surface area contributed by atoms with E-state index in [0.29, 0.717) is 11.4 Å². The molecule has 0 unspecified atom stereocenters. The van der Waals surface area contributed by atoms with Crippen LogP contribution in [0, 0.1) is 6.92 Å². The fraction of sp³-hybridized carbons (Fsp3) is 0.0588. The third kappa shape index (κ3) is 2.56. The first-order chi connectivity index (χ1) is 10.1. The summed E-state index contributed by atoms with van der Waals surface area (Å²) in [5, 5.41) is 10.1. The van der Waals surface area contributed by atoms with Gasteiger partial charge in [0, 0.05) is 5.56 Å². The lowest BCUT2D eigenvalue weighted by Crippen LogP contribution is -2.12. The number of hydrogen-bond acceptors (Lipinski definition) is 3. The Kier molecular flexibility index (Phi) is 3.28. The molecule has 2 aromatic carbocycles. The number of aromatic hydroxyl groups is 1. The molecule has 0 saturated carbocycles. The van der Waals surface area contributed by atoms with Gasteiger partial charge in [-0.05, 0) is 12.5 Å². The second-order valence-corrected chi connectivity index (χ2v) is 4.85. The number of hydrogen-bond donors (Lipinski definition) is 2. The molecular formula is C17H14N2O2. The first kappa shape index (κ1) is 13.1.